The summed E-state index contributed by atoms with van der Waals surface area (Å²) in [5.74, 6) is 0.780. The summed E-state index contributed by atoms with van der Waals surface area (Å²) in [5, 5.41) is 0. The van der Waals surface area contributed by atoms with E-state index < -0.39 is 0 Å². The maximum atomic E-state index is 12.2. The first-order valence-corrected chi connectivity index (χ1v) is 7.38. The van der Waals surface area contributed by atoms with E-state index in [0.717, 1.165) is 25.4 Å². The second kappa shape index (κ2) is 5.29. The molecule has 5 heteroatoms. The summed E-state index contributed by atoms with van der Waals surface area (Å²) < 4.78 is 11.9. The van der Waals surface area contributed by atoms with Gasteiger partial charge in [0.2, 0.25) is 0 Å². The first kappa shape index (κ1) is 13.2. The number of carbonyl (C=O) groups excluding carboxylic acids is 1. The van der Waals surface area contributed by atoms with Crippen LogP contribution in [0.5, 0.6) is 0 Å². The lowest BCUT2D eigenvalue weighted by Gasteiger charge is -2.40. The van der Waals surface area contributed by atoms with Gasteiger partial charge < -0.3 is 19.3 Å². The molecule has 3 rings (SSSR count). The fraction of sp³-hybridized carbons (Fsp3) is 0.929. The van der Waals surface area contributed by atoms with E-state index in [2.05, 4.69) is 0 Å². The lowest BCUT2D eigenvalue weighted by molar-refractivity contribution is -0.106. The van der Waals surface area contributed by atoms with Crippen LogP contribution in [-0.2, 0) is 9.47 Å². The van der Waals surface area contributed by atoms with E-state index in [9.17, 15) is 4.79 Å². The largest absolute Gasteiger partial charge is 0.375 e. The highest BCUT2D eigenvalue weighted by Crippen LogP contribution is 2.35. The van der Waals surface area contributed by atoms with E-state index in [1.165, 1.54) is 12.8 Å². The second-order valence-corrected chi connectivity index (χ2v) is 6.17. The van der Waals surface area contributed by atoms with Crippen LogP contribution in [0.1, 0.15) is 25.7 Å². The fourth-order valence-electron chi connectivity index (χ4n) is 3.13. The van der Waals surface area contributed by atoms with Crippen LogP contribution >= 0.6 is 0 Å². The zero-order valence-electron chi connectivity index (χ0n) is 11.9. The monoisotopic (exact) mass is 268 g/mol. The zero-order valence-corrected chi connectivity index (χ0v) is 11.9. The second-order valence-electron chi connectivity index (χ2n) is 6.17. The van der Waals surface area contributed by atoms with Crippen LogP contribution < -0.4 is 0 Å². The predicted molar refractivity (Wildman–Crippen MR) is 71.0 cm³/mol. The van der Waals surface area contributed by atoms with Gasteiger partial charge in [0.1, 0.15) is 6.10 Å². The number of fused-ring (bicyclic) bond motifs is 1. The van der Waals surface area contributed by atoms with Crippen LogP contribution in [0.4, 0.5) is 4.79 Å². The molecule has 0 spiro atoms. The molecule has 0 N–H and O–H groups in total. The number of nitrogens with zero attached hydrogens (tertiary/aromatic N) is 2. The number of hydrogen-bond acceptors (Lipinski definition) is 3. The molecule has 0 aromatic heterocycles. The Morgan fingerprint density at radius 2 is 2.11 bits per heavy atom. The minimum absolute atomic E-state index is 0.0800. The molecule has 3 fully saturated rings. The Balaban J connectivity index is 1.61. The molecule has 1 saturated heterocycles. The molecule has 2 amide bonds. The van der Waals surface area contributed by atoms with E-state index in [4.69, 9.17) is 9.47 Å². The highest BCUT2D eigenvalue weighted by atomic mass is 16.5. The van der Waals surface area contributed by atoms with Crippen molar-refractivity contribution in [1.29, 1.82) is 0 Å². The van der Waals surface area contributed by atoms with Gasteiger partial charge in [0.05, 0.1) is 18.8 Å². The van der Waals surface area contributed by atoms with Crippen molar-refractivity contribution < 1.29 is 14.3 Å². The van der Waals surface area contributed by atoms with Crippen LogP contribution in [0.15, 0.2) is 0 Å². The van der Waals surface area contributed by atoms with E-state index >= 15 is 0 Å². The smallest absolute Gasteiger partial charge is 0.319 e. The standard InChI is InChI=1S/C14H24N2O3/c1-15(2)14(17)16-7-8-18-13-11(16)5-6-12(13)19-9-10-3-4-10/h10-13H,3-9H2,1-2H3/t11-,12+,13+/m0/s1. The van der Waals surface area contributed by atoms with Gasteiger partial charge in [-0.1, -0.05) is 0 Å². The molecule has 3 atom stereocenters. The van der Waals surface area contributed by atoms with Crippen LogP contribution in [0.2, 0.25) is 0 Å². The summed E-state index contributed by atoms with van der Waals surface area (Å²) in [4.78, 5) is 15.8. The van der Waals surface area contributed by atoms with E-state index in [1.54, 1.807) is 4.90 Å². The normalized spacial score (nSPS) is 34.2. The molecule has 0 aromatic carbocycles. The van der Waals surface area contributed by atoms with Crippen molar-refractivity contribution in [2.75, 3.05) is 33.9 Å². The number of hydrogen-bond donors (Lipinski definition) is 0. The Bertz CT molecular complexity index is 344. The van der Waals surface area contributed by atoms with Crippen molar-refractivity contribution in [3.63, 3.8) is 0 Å². The predicted octanol–water partition coefficient (Wildman–Crippen LogP) is 1.33. The van der Waals surface area contributed by atoms with Crippen molar-refractivity contribution in [3.05, 3.63) is 0 Å². The first-order valence-electron chi connectivity index (χ1n) is 7.38. The van der Waals surface area contributed by atoms with Crippen molar-refractivity contribution in [3.8, 4) is 0 Å². The van der Waals surface area contributed by atoms with Gasteiger partial charge in [-0.2, -0.15) is 0 Å². The summed E-state index contributed by atoms with van der Waals surface area (Å²) in [7, 11) is 3.62. The molecule has 0 bridgehead atoms. The van der Waals surface area contributed by atoms with Crippen LogP contribution in [0, 0.1) is 5.92 Å². The Morgan fingerprint density at radius 3 is 2.79 bits per heavy atom. The third kappa shape index (κ3) is 2.72. The van der Waals surface area contributed by atoms with Gasteiger partial charge in [0.25, 0.3) is 0 Å². The Hall–Kier alpha value is -0.810. The molecule has 2 saturated carbocycles. The lowest BCUT2D eigenvalue weighted by atomic mass is 10.1. The molecular formula is C14H24N2O3. The zero-order chi connectivity index (χ0) is 13.4. The van der Waals surface area contributed by atoms with Crippen LogP contribution in [0.25, 0.3) is 0 Å². The van der Waals surface area contributed by atoms with Gasteiger partial charge in [-0.15, -0.1) is 0 Å². The van der Waals surface area contributed by atoms with Crippen molar-refractivity contribution >= 4 is 6.03 Å². The molecule has 19 heavy (non-hydrogen) atoms. The highest BCUT2D eigenvalue weighted by molar-refractivity contribution is 5.74. The van der Waals surface area contributed by atoms with Gasteiger partial charge >= 0.3 is 6.03 Å². The third-order valence-electron chi connectivity index (χ3n) is 4.41. The molecule has 0 radical (unpaired) electrons. The topological polar surface area (TPSA) is 42.0 Å². The third-order valence-corrected chi connectivity index (χ3v) is 4.41. The quantitative estimate of drug-likeness (QED) is 0.775. The fourth-order valence-corrected chi connectivity index (χ4v) is 3.13. The summed E-state index contributed by atoms with van der Waals surface area (Å²) in [6.07, 6.45) is 4.90. The lowest BCUT2D eigenvalue weighted by Crippen LogP contribution is -2.56. The minimum atomic E-state index is 0.0800. The van der Waals surface area contributed by atoms with Crippen molar-refractivity contribution in [2.24, 2.45) is 5.92 Å². The van der Waals surface area contributed by atoms with E-state index in [0.29, 0.717) is 13.2 Å². The SMILES string of the molecule is CN(C)C(=O)N1CCO[C@H]2[C@H](OCC3CC3)CC[C@@H]21. The number of rotatable bonds is 3. The molecule has 2 aliphatic carbocycles. The molecular weight excluding hydrogens is 244 g/mol. The van der Waals surface area contributed by atoms with Gasteiger partial charge in [-0.3, -0.25) is 0 Å². The van der Waals surface area contributed by atoms with Gasteiger partial charge in [-0.25, -0.2) is 4.79 Å². The van der Waals surface area contributed by atoms with E-state index in [1.807, 2.05) is 19.0 Å². The molecule has 3 aliphatic rings. The number of ether oxygens (including phenoxy) is 2. The maximum absolute atomic E-state index is 12.2. The highest BCUT2D eigenvalue weighted by Gasteiger charge is 2.45. The summed E-state index contributed by atoms with van der Waals surface area (Å²) in [6, 6.07) is 0.300. The van der Waals surface area contributed by atoms with Gasteiger partial charge in [0.15, 0.2) is 0 Å². The van der Waals surface area contributed by atoms with Crippen LogP contribution in [0.3, 0.4) is 0 Å². The molecule has 108 valence electrons. The number of amides is 2. The summed E-state index contributed by atoms with van der Waals surface area (Å²) >= 11 is 0. The molecule has 0 aromatic rings. The molecule has 1 heterocycles. The number of carbonyl (C=O) groups is 1. The average Bonchev–Trinajstić information content (AvgIpc) is 3.14. The molecule has 5 nitrogen and oxygen atoms in total. The summed E-state index contributed by atoms with van der Waals surface area (Å²) in [6.45, 7) is 2.20. The molecule has 1 aliphatic heterocycles. The first-order chi connectivity index (χ1) is 9.16. The van der Waals surface area contributed by atoms with Crippen LogP contribution in [-0.4, -0.2) is 67.9 Å². The van der Waals surface area contributed by atoms with Gasteiger partial charge in [0, 0.05) is 27.2 Å². The Labute approximate surface area is 114 Å². The van der Waals surface area contributed by atoms with Crippen molar-refractivity contribution in [1.82, 2.24) is 9.80 Å². The summed E-state index contributed by atoms with van der Waals surface area (Å²) in [5.41, 5.74) is 0. The number of urea groups is 1. The molecule has 0 unspecified atom stereocenters. The van der Waals surface area contributed by atoms with Gasteiger partial charge in [-0.05, 0) is 31.6 Å². The average molecular weight is 268 g/mol. The van der Waals surface area contributed by atoms with E-state index in [-0.39, 0.29) is 24.3 Å². The van der Waals surface area contributed by atoms with Crippen molar-refractivity contribution in [2.45, 2.75) is 43.9 Å². The Morgan fingerprint density at radius 1 is 1.32 bits per heavy atom. The Kier molecular flexibility index (Phi) is 3.67. The maximum Gasteiger partial charge on any atom is 0.319 e. The minimum Gasteiger partial charge on any atom is -0.375 e. The number of morpholine rings is 1.